The first-order valence-electron chi connectivity index (χ1n) is 3.05. The van der Waals surface area contributed by atoms with E-state index in [9.17, 15) is 0 Å². The molecule has 2 atom stereocenters. The van der Waals surface area contributed by atoms with Gasteiger partial charge in [-0.2, -0.15) is 0 Å². The molecule has 0 aliphatic rings. The van der Waals surface area contributed by atoms with Crippen molar-refractivity contribution in [1.82, 2.24) is 4.90 Å². The van der Waals surface area contributed by atoms with E-state index in [2.05, 4.69) is 25.9 Å². The van der Waals surface area contributed by atoms with Crippen LogP contribution in [0, 0.1) is 0 Å². The molecule has 50 valence electrons. The molecular weight excluding hydrogens is 161 g/mol. The molecule has 0 saturated carbocycles. The van der Waals surface area contributed by atoms with Gasteiger partial charge in [-0.25, -0.2) is 0 Å². The predicted molar refractivity (Wildman–Crippen MR) is 41.1 cm³/mol. The summed E-state index contributed by atoms with van der Waals surface area (Å²) in [6.45, 7) is 2.26. The molecule has 0 aromatic rings. The molecule has 0 aromatic heterocycles. The van der Waals surface area contributed by atoms with Crippen LogP contribution in [0.3, 0.4) is 0 Å². The summed E-state index contributed by atoms with van der Waals surface area (Å²) in [5.74, 6) is 0. The fourth-order valence-electron chi connectivity index (χ4n) is 0.499. The molecule has 0 rings (SSSR count). The van der Waals surface area contributed by atoms with E-state index in [0.29, 0.717) is 0 Å². The van der Waals surface area contributed by atoms with Gasteiger partial charge in [-0.1, -0.05) is 0 Å². The molecule has 8 heavy (non-hydrogen) atoms. The summed E-state index contributed by atoms with van der Waals surface area (Å²) >= 11 is 1.83. The molecule has 0 bridgehead atoms. The Bertz CT molecular complexity index is 54.5. The summed E-state index contributed by atoms with van der Waals surface area (Å²) in [6, 6.07) is 0.766. The zero-order valence-corrected chi connectivity index (χ0v) is 8.44. The minimum atomic E-state index is 0.766. The standard InChI is InChI=1S/C6H16AsN/c1-6(4-5-7)8(2)3/h6H,4-5,7H2,1-3H3. The maximum atomic E-state index is 2.26. The van der Waals surface area contributed by atoms with Gasteiger partial charge in [0, 0.05) is 0 Å². The SMILES string of the molecule is CC(CC[AsH2])N(C)C. The van der Waals surface area contributed by atoms with Crippen LogP contribution >= 0.6 is 0 Å². The van der Waals surface area contributed by atoms with Gasteiger partial charge in [0.2, 0.25) is 0 Å². The second-order valence-electron chi connectivity index (χ2n) is 2.39. The van der Waals surface area contributed by atoms with Crippen LogP contribution in [-0.2, 0) is 0 Å². The molecule has 0 fully saturated rings. The molecular formula is C6H16AsN. The van der Waals surface area contributed by atoms with E-state index in [4.69, 9.17) is 0 Å². The van der Waals surface area contributed by atoms with Crippen molar-refractivity contribution in [3.63, 3.8) is 0 Å². The van der Waals surface area contributed by atoms with Crippen LogP contribution < -0.4 is 0 Å². The number of hydrogen-bond donors (Lipinski definition) is 0. The van der Waals surface area contributed by atoms with E-state index < -0.39 is 0 Å². The number of rotatable bonds is 3. The predicted octanol–water partition coefficient (Wildman–Crippen LogP) is 0.378. The molecule has 0 aliphatic heterocycles. The third kappa shape index (κ3) is 3.51. The third-order valence-electron chi connectivity index (χ3n) is 1.47. The average molecular weight is 177 g/mol. The van der Waals surface area contributed by atoms with E-state index >= 15 is 0 Å². The van der Waals surface area contributed by atoms with Gasteiger partial charge >= 0.3 is 60.4 Å². The first kappa shape index (κ1) is 8.52. The van der Waals surface area contributed by atoms with Gasteiger partial charge in [0.1, 0.15) is 0 Å². The Hall–Kier alpha value is 0.518. The van der Waals surface area contributed by atoms with Crippen molar-refractivity contribution in [1.29, 1.82) is 0 Å². The van der Waals surface area contributed by atoms with Crippen LogP contribution in [0.15, 0.2) is 0 Å². The first-order chi connectivity index (χ1) is 3.68. The molecule has 2 unspecified atom stereocenters. The first-order valence-corrected chi connectivity index (χ1v) is 4.76. The second kappa shape index (κ2) is 4.40. The van der Waals surface area contributed by atoms with Crippen molar-refractivity contribution in [3.05, 3.63) is 0 Å². The van der Waals surface area contributed by atoms with Crippen molar-refractivity contribution in [2.75, 3.05) is 14.1 Å². The Morgan fingerprint density at radius 1 is 1.50 bits per heavy atom. The summed E-state index contributed by atoms with van der Waals surface area (Å²) in [6.07, 6.45) is 1.34. The van der Waals surface area contributed by atoms with Crippen molar-refractivity contribution < 1.29 is 0 Å². The molecule has 2 heteroatoms. The molecule has 0 radical (unpaired) electrons. The van der Waals surface area contributed by atoms with Crippen LogP contribution in [-0.4, -0.2) is 41.9 Å². The summed E-state index contributed by atoms with van der Waals surface area (Å²) in [5.41, 5.74) is 0. The zero-order chi connectivity index (χ0) is 6.57. The molecule has 0 saturated heterocycles. The Balaban J connectivity index is 3.17. The number of nitrogens with zero attached hydrogens (tertiary/aromatic N) is 1. The third-order valence-corrected chi connectivity index (χ3v) is 2.17. The van der Waals surface area contributed by atoms with Gasteiger partial charge in [-0.15, -0.1) is 0 Å². The van der Waals surface area contributed by atoms with Crippen LogP contribution in [0.2, 0.25) is 5.21 Å². The Labute approximate surface area is 60.9 Å². The van der Waals surface area contributed by atoms with E-state index in [1.54, 1.807) is 0 Å². The van der Waals surface area contributed by atoms with Crippen LogP contribution in [0.4, 0.5) is 0 Å². The van der Waals surface area contributed by atoms with E-state index in [1.807, 2.05) is 16.9 Å². The normalized spacial score (nSPS) is 14.6. The van der Waals surface area contributed by atoms with Gasteiger partial charge in [-0.3, -0.25) is 0 Å². The minimum absolute atomic E-state index is 0.766. The molecule has 0 spiro atoms. The molecule has 1 nitrogen and oxygen atoms in total. The fourth-order valence-corrected chi connectivity index (χ4v) is 1.51. The summed E-state index contributed by atoms with van der Waals surface area (Å²) in [7, 11) is 4.26. The second-order valence-corrected chi connectivity index (χ2v) is 3.60. The van der Waals surface area contributed by atoms with Gasteiger partial charge in [0.05, 0.1) is 0 Å². The van der Waals surface area contributed by atoms with Gasteiger partial charge in [0.25, 0.3) is 0 Å². The molecule has 0 heterocycles. The fraction of sp³-hybridized carbons (Fsp3) is 1.00. The quantitative estimate of drug-likeness (QED) is 0.563. The Morgan fingerprint density at radius 3 is 2.12 bits per heavy atom. The van der Waals surface area contributed by atoms with Crippen molar-refractivity contribution in [3.8, 4) is 0 Å². The van der Waals surface area contributed by atoms with Crippen molar-refractivity contribution in [2.45, 2.75) is 24.6 Å². The van der Waals surface area contributed by atoms with Gasteiger partial charge in [0.15, 0.2) is 0 Å². The van der Waals surface area contributed by atoms with Crippen molar-refractivity contribution >= 4 is 16.9 Å². The Morgan fingerprint density at radius 2 is 2.00 bits per heavy atom. The molecule has 0 amide bonds. The molecule has 0 aromatic carbocycles. The van der Waals surface area contributed by atoms with Crippen molar-refractivity contribution in [2.24, 2.45) is 0 Å². The summed E-state index contributed by atoms with van der Waals surface area (Å²) in [5, 5.41) is 1.35. The van der Waals surface area contributed by atoms with Gasteiger partial charge < -0.3 is 0 Å². The monoisotopic (exact) mass is 177 g/mol. The zero-order valence-electron chi connectivity index (χ0n) is 6.02. The van der Waals surface area contributed by atoms with E-state index in [1.165, 1.54) is 11.6 Å². The molecule has 0 aliphatic carbocycles. The van der Waals surface area contributed by atoms with Crippen LogP contribution in [0.1, 0.15) is 13.3 Å². The summed E-state index contributed by atoms with van der Waals surface area (Å²) in [4.78, 5) is 2.26. The van der Waals surface area contributed by atoms with E-state index in [0.717, 1.165) is 6.04 Å². The topological polar surface area (TPSA) is 3.24 Å². The Kier molecular flexibility index (Phi) is 4.69. The maximum absolute atomic E-state index is 2.26. The average Bonchev–Trinajstić information content (AvgIpc) is 1.67. The van der Waals surface area contributed by atoms with Gasteiger partial charge in [-0.05, 0) is 0 Å². The summed E-state index contributed by atoms with van der Waals surface area (Å²) < 4.78 is 0. The van der Waals surface area contributed by atoms with Crippen LogP contribution in [0.5, 0.6) is 0 Å². The molecule has 0 N–H and O–H groups in total. The number of hydrogen-bond acceptors (Lipinski definition) is 1. The van der Waals surface area contributed by atoms with E-state index in [-0.39, 0.29) is 0 Å². The van der Waals surface area contributed by atoms with Crippen LogP contribution in [0.25, 0.3) is 0 Å².